The van der Waals surface area contributed by atoms with Gasteiger partial charge in [0.15, 0.2) is 0 Å². The zero-order valence-electron chi connectivity index (χ0n) is 8.72. The molecule has 0 bridgehead atoms. The molecule has 2 atom stereocenters. The van der Waals surface area contributed by atoms with E-state index in [0.29, 0.717) is 0 Å². The lowest BCUT2D eigenvalue weighted by molar-refractivity contribution is 0.155. The summed E-state index contributed by atoms with van der Waals surface area (Å²) in [4.78, 5) is 0. The molecule has 15 heavy (non-hydrogen) atoms. The highest BCUT2D eigenvalue weighted by molar-refractivity contribution is 5.86. The third-order valence-corrected chi connectivity index (χ3v) is 2.64. The Bertz CT molecular complexity index is 460. The number of hydrogen-bond acceptors (Lipinski definition) is 2. The van der Waals surface area contributed by atoms with Gasteiger partial charge >= 0.3 is 0 Å². The lowest BCUT2D eigenvalue weighted by Crippen LogP contribution is -2.24. The monoisotopic (exact) mass is 201 g/mol. The van der Waals surface area contributed by atoms with E-state index in [1.54, 1.807) is 0 Å². The van der Waals surface area contributed by atoms with Crippen molar-refractivity contribution in [1.29, 1.82) is 0 Å². The number of benzene rings is 2. The zero-order valence-corrected chi connectivity index (χ0v) is 8.72. The number of fused-ring (bicyclic) bond motifs is 1. The van der Waals surface area contributed by atoms with Crippen molar-refractivity contribution >= 4 is 10.8 Å². The average Bonchev–Trinajstić information content (AvgIpc) is 2.27. The van der Waals surface area contributed by atoms with E-state index < -0.39 is 6.10 Å². The van der Waals surface area contributed by atoms with E-state index in [1.807, 2.05) is 49.4 Å². The second kappa shape index (κ2) is 4.01. The van der Waals surface area contributed by atoms with Crippen LogP contribution in [0.25, 0.3) is 10.8 Å². The van der Waals surface area contributed by atoms with Crippen molar-refractivity contribution in [1.82, 2.24) is 0 Å². The molecule has 0 aliphatic heterocycles. The van der Waals surface area contributed by atoms with Gasteiger partial charge in [-0.2, -0.15) is 0 Å². The predicted octanol–water partition coefficient (Wildman–Crippen LogP) is 2.22. The molecular formula is C13H15NO. The van der Waals surface area contributed by atoms with Crippen molar-refractivity contribution in [2.45, 2.75) is 19.1 Å². The highest BCUT2D eigenvalue weighted by Gasteiger charge is 2.14. The van der Waals surface area contributed by atoms with E-state index in [4.69, 9.17) is 5.73 Å². The van der Waals surface area contributed by atoms with Crippen molar-refractivity contribution in [2.24, 2.45) is 5.73 Å². The summed E-state index contributed by atoms with van der Waals surface area (Å²) in [6, 6.07) is 13.7. The Labute approximate surface area is 89.3 Å². The summed E-state index contributed by atoms with van der Waals surface area (Å²) in [7, 11) is 0. The van der Waals surface area contributed by atoms with Gasteiger partial charge in [0.05, 0.1) is 6.10 Å². The van der Waals surface area contributed by atoms with Gasteiger partial charge in [-0.25, -0.2) is 0 Å². The Balaban J connectivity index is 2.60. The standard InChI is InChI=1S/C13H15NO/c1-9(14)13(15)12-8-4-6-10-5-2-3-7-11(10)12/h2-9,13,15H,14H2,1H3/t9-,13-/m1/s1. The smallest absolute Gasteiger partial charge is 0.0944 e. The lowest BCUT2D eigenvalue weighted by atomic mass is 9.97. The van der Waals surface area contributed by atoms with Crippen LogP contribution in [0.5, 0.6) is 0 Å². The number of nitrogens with two attached hydrogens (primary N) is 1. The van der Waals surface area contributed by atoms with Gasteiger partial charge < -0.3 is 10.8 Å². The van der Waals surface area contributed by atoms with Gasteiger partial charge in [0.1, 0.15) is 0 Å². The molecule has 0 heterocycles. The third kappa shape index (κ3) is 1.87. The molecule has 0 fully saturated rings. The van der Waals surface area contributed by atoms with Crippen LogP contribution in [0.2, 0.25) is 0 Å². The summed E-state index contributed by atoms with van der Waals surface area (Å²) < 4.78 is 0. The molecule has 0 amide bonds. The first-order valence-corrected chi connectivity index (χ1v) is 5.11. The van der Waals surface area contributed by atoms with E-state index in [9.17, 15) is 5.11 Å². The fraction of sp³-hybridized carbons (Fsp3) is 0.231. The topological polar surface area (TPSA) is 46.2 Å². The largest absolute Gasteiger partial charge is 0.387 e. The molecule has 2 aromatic rings. The van der Waals surface area contributed by atoms with Gasteiger partial charge in [0.25, 0.3) is 0 Å². The molecule has 3 N–H and O–H groups in total. The van der Waals surface area contributed by atoms with Gasteiger partial charge in [-0.3, -0.25) is 0 Å². The number of rotatable bonds is 2. The summed E-state index contributed by atoms with van der Waals surface area (Å²) >= 11 is 0. The van der Waals surface area contributed by atoms with Crippen molar-refractivity contribution < 1.29 is 5.11 Å². The minimum atomic E-state index is -0.601. The molecule has 2 nitrogen and oxygen atoms in total. The molecule has 2 rings (SSSR count). The fourth-order valence-electron chi connectivity index (χ4n) is 1.79. The number of aliphatic hydroxyl groups excluding tert-OH is 1. The first-order valence-electron chi connectivity index (χ1n) is 5.11. The summed E-state index contributed by atoms with van der Waals surface area (Å²) in [6.07, 6.45) is -0.601. The first-order chi connectivity index (χ1) is 7.20. The zero-order chi connectivity index (χ0) is 10.8. The second-order valence-electron chi connectivity index (χ2n) is 3.87. The van der Waals surface area contributed by atoms with Gasteiger partial charge in [0.2, 0.25) is 0 Å². The third-order valence-electron chi connectivity index (χ3n) is 2.64. The van der Waals surface area contributed by atoms with Crippen LogP contribution in [0.15, 0.2) is 42.5 Å². The summed E-state index contributed by atoms with van der Waals surface area (Å²) in [5.41, 5.74) is 6.61. The van der Waals surface area contributed by atoms with Crippen LogP contribution in [-0.4, -0.2) is 11.1 Å². The van der Waals surface area contributed by atoms with Gasteiger partial charge in [-0.05, 0) is 23.3 Å². The Hall–Kier alpha value is -1.38. The molecule has 0 spiro atoms. The molecular weight excluding hydrogens is 186 g/mol. The van der Waals surface area contributed by atoms with Crippen molar-refractivity contribution in [3.05, 3.63) is 48.0 Å². The first kappa shape index (κ1) is 10.1. The maximum absolute atomic E-state index is 9.97. The van der Waals surface area contributed by atoms with Crippen LogP contribution in [0.4, 0.5) is 0 Å². The molecule has 0 aliphatic carbocycles. The van der Waals surface area contributed by atoms with Crippen molar-refractivity contribution in [2.75, 3.05) is 0 Å². The minimum absolute atomic E-state index is 0.254. The van der Waals surface area contributed by atoms with Crippen LogP contribution in [0.1, 0.15) is 18.6 Å². The highest BCUT2D eigenvalue weighted by Crippen LogP contribution is 2.25. The summed E-state index contributed by atoms with van der Waals surface area (Å²) in [6.45, 7) is 1.81. The number of aliphatic hydroxyl groups is 1. The van der Waals surface area contributed by atoms with Crippen LogP contribution in [-0.2, 0) is 0 Å². The maximum atomic E-state index is 9.97. The Morgan fingerprint density at radius 2 is 1.73 bits per heavy atom. The molecule has 0 aliphatic rings. The predicted molar refractivity (Wildman–Crippen MR) is 62.6 cm³/mol. The van der Waals surface area contributed by atoms with E-state index in [0.717, 1.165) is 16.3 Å². The van der Waals surface area contributed by atoms with E-state index in [2.05, 4.69) is 0 Å². The molecule has 2 heteroatoms. The summed E-state index contributed by atoms with van der Waals surface area (Å²) in [5, 5.41) is 12.2. The normalized spacial score (nSPS) is 15.1. The molecule has 0 aromatic heterocycles. The van der Waals surface area contributed by atoms with Crippen molar-refractivity contribution in [3.8, 4) is 0 Å². The quantitative estimate of drug-likeness (QED) is 0.782. The molecule has 78 valence electrons. The summed E-state index contributed by atoms with van der Waals surface area (Å²) in [5.74, 6) is 0. The maximum Gasteiger partial charge on any atom is 0.0944 e. The van der Waals surface area contributed by atoms with Gasteiger partial charge in [-0.15, -0.1) is 0 Å². The second-order valence-corrected chi connectivity index (χ2v) is 3.87. The Morgan fingerprint density at radius 3 is 2.47 bits per heavy atom. The number of hydrogen-bond donors (Lipinski definition) is 2. The minimum Gasteiger partial charge on any atom is -0.387 e. The molecule has 2 aromatic carbocycles. The van der Waals surface area contributed by atoms with Crippen LogP contribution >= 0.6 is 0 Å². The lowest BCUT2D eigenvalue weighted by Gasteiger charge is -2.16. The Morgan fingerprint density at radius 1 is 1.07 bits per heavy atom. The highest BCUT2D eigenvalue weighted by atomic mass is 16.3. The van der Waals surface area contributed by atoms with Crippen molar-refractivity contribution in [3.63, 3.8) is 0 Å². The fourth-order valence-corrected chi connectivity index (χ4v) is 1.79. The van der Waals surface area contributed by atoms with Crippen LogP contribution in [0, 0.1) is 0 Å². The molecule has 0 saturated heterocycles. The van der Waals surface area contributed by atoms with Crippen LogP contribution < -0.4 is 5.73 Å². The molecule has 0 radical (unpaired) electrons. The molecule has 0 saturated carbocycles. The van der Waals surface area contributed by atoms with Gasteiger partial charge in [0, 0.05) is 6.04 Å². The molecule has 0 unspecified atom stereocenters. The van der Waals surface area contributed by atoms with Gasteiger partial charge in [-0.1, -0.05) is 42.5 Å². The van der Waals surface area contributed by atoms with E-state index >= 15 is 0 Å². The van der Waals surface area contributed by atoms with E-state index in [-0.39, 0.29) is 6.04 Å². The van der Waals surface area contributed by atoms with E-state index in [1.165, 1.54) is 0 Å². The Kier molecular flexibility index (Phi) is 2.71. The SMILES string of the molecule is C[C@@H](N)[C@@H](O)c1cccc2ccccc12. The van der Waals surface area contributed by atoms with Crippen LogP contribution in [0.3, 0.4) is 0 Å². The average molecular weight is 201 g/mol.